The summed E-state index contributed by atoms with van der Waals surface area (Å²) in [6, 6.07) is 11.2. The van der Waals surface area contributed by atoms with E-state index in [2.05, 4.69) is 0 Å². The molecule has 0 aliphatic rings. The van der Waals surface area contributed by atoms with Crippen molar-refractivity contribution in [2.75, 3.05) is 0 Å². The zero-order valence-corrected chi connectivity index (χ0v) is 10.3. The molecule has 86 valence electrons. The lowest BCUT2D eigenvalue weighted by atomic mass is 10.2. The predicted octanol–water partition coefficient (Wildman–Crippen LogP) is 4.44. The molecule has 2 aromatic rings. The maximum absolute atomic E-state index is 13.0. The van der Waals surface area contributed by atoms with Crippen LogP contribution in [0.4, 0.5) is 4.39 Å². The van der Waals surface area contributed by atoms with Crippen LogP contribution < -0.4 is 0 Å². The van der Waals surface area contributed by atoms with E-state index in [9.17, 15) is 9.18 Å². The Balaban J connectivity index is 2.35. The minimum absolute atomic E-state index is 0.301. The summed E-state index contributed by atoms with van der Waals surface area (Å²) in [5, 5.41) is 0.550. The second-order valence-corrected chi connectivity index (χ2v) is 4.91. The first-order valence-electron chi connectivity index (χ1n) is 4.87. The number of hydrogen-bond acceptors (Lipinski definition) is 2. The lowest BCUT2D eigenvalue weighted by Crippen LogP contribution is -1.85. The van der Waals surface area contributed by atoms with E-state index in [-0.39, 0.29) is 5.82 Å². The summed E-state index contributed by atoms with van der Waals surface area (Å²) < 4.78 is 13.0. The molecule has 0 spiro atoms. The summed E-state index contributed by atoms with van der Waals surface area (Å²) in [5.74, 6) is -0.301. The minimum atomic E-state index is -0.301. The Bertz CT molecular complexity index is 557. The normalized spacial score (nSPS) is 10.2. The van der Waals surface area contributed by atoms with Crippen LogP contribution in [0.1, 0.15) is 10.4 Å². The maximum Gasteiger partial charge on any atom is 0.151 e. The van der Waals surface area contributed by atoms with Crippen LogP contribution in [-0.2, 0) is 0 Å². The van der Waals surface area contributed by atoms with Gasteiger partial charge in [-0.1, -0.05) is 29.4 Å². The fourth-order valence-electron chi connectivity index (χ4n) is 1.35. The van der Waals surface area contributed by atoms with E-state index in [0.717, 1.165) is 16.1 Å². The van der Waals surface area contributed by atoms with Crippen molar-refractivity contribution in [2.45, 2.75) is 9.79 Å². The van der Waals surface area contributed by atoms with Gasteiger partial charge in [0.25, 0.3) is 0 Å². The van der Waals surface area contributed by atoms with Crippen LogP contribution >= 0.6 is 23.4 Å². The molecule has 0 heterocycles. The third-order valence-electron chi connectivity index (χ3n) is 2.13. The Kier molecular flexibility index (Phi) is 3.82. The van der Waals surface area contributed by atoms with E-state index in [0.29, 0.717) is 10.6 Å². The summed E-state index contributed by atoms with van der Waals surface area (Å²) in [6.07, 6.45) is 0.762. The van der Waals surface area contributed by atoms with Crippen LogP contribution in [0.15, 0.2) is 52.3 Å². The van der Waals surface area contributed by atoms with Crippen molar-refractivity contribution in [3.63, 3.8) is 0 Å². The van der Waals surface area contributed by atoms with E-state index < -0.39 is 0 Å². The SMILES string of the molecule is O=Cc1ccc(Cl)cc1Sc1cccc(F)c1. The summed E-state index contributed by atoms with van der Waals surface area (Å²) >= 11 is 7.18. The van der Waals surface area contributed by atoms with Crippen LogP contribution in [0.2, 0.25) is 5.02 Å². The van der Waals surface area contributed by atoms with Crippen molar-refractivity contribution in [2.24, 2.45) is 0 Å². The Hall–Kier alpha value is -1.32. The van der Waals surface area contributed by atoms with Gasteiger partial charge in [-0.15, -0.1) is 0 Å². The molecule has 0 unspecified atom stereocenters. The summed E-state index contributed by atoms with van der Waals surface area (Å²) in [7, 11) is 0. The molecule has 0 N–H and O–H groups in total. The first kappa shape index (κ1) is 12.1. The molecule has 0 radical (unpaired) electrons. The van der Waals surface area contributed by atoms with Crippen molar-refractivity contribution in [1.82, 2.24) is 0 Å². The third-order valence-corrected chi connectivity index (χ3v) is 3.42. The predicted molar refractivity (Wildman–Crippen MR) is 67.4 cm³/mol. The van der Waals surface area contributed by atoms with Gasteiger partial charge in [-0.3, -0.25) is 4.79 Å². The Labute approximate surface area is 108 Å². The molecule has 0 aliphatic carbocycles. The monoisotopic (exact) mass is 266 g/mol. The summed E-state index contributed by atoms with van der Waals surface area (Å²) in [5.41, 5.74) is 0.545. The minimum Gasteiger partial charge on any atom is -0.298 e. The molecular formula is C13H8ClFOS. The van der Waals surface area contributed by atoms with Crippen LogP contribution in [0.25, 0.3) is 0 Å². The highest BCUT2D eigenvalue weighted by atomic mass is 35.5. The van der Waals surface area contributed by atoms with Gasteiger partial charge in [0, 0.05) is 20.4 Å². The topological polar surface area (TPSA) is 17.1 Å². The molecule has 4 heteroatoms. The van der Waals surface area contributed by atoms with Gasteiger partial charge in [0.2, 0.25) is 0 Å². The molecule has 0 saturated heterocycles. The van der Waals surface area contributed by atoms with Crippen molar-refractivity contribution in [3.8, 4) is 0 Å². The van der Waals surface area contributed by atoms with Crippen LogP contribution in [0, 0.1) is 5.82 Å². The van der Waals surface area contributed by atoms with E-state index in [4.69, 9.17) is 11.6 Å². The molecule has 17 heavy (non-hydrogen) atoms. The number of halogens is 2. The Morgan fingerprint density at radius 3 is 2.71 bits per heavy atom. The van der Waals surface area contributed by atoms with Gasteiger partial charge in [0.15, 0.2) is 6.29 Å². The standard InChI is InChI=1S/C13H8ClFOS/c14-10-5-4-9(8-16)13(6-10)17-12-3-1-2-11(15)7-12/h1-8H. The average molecular weight is 267 g/mol. The average Bonchev–Trinajstić information content (AvgIpc) is 2.29. The Morgan fingerprint density at radius 1 is 1.18 bits per heavy atom. The van der Waals surface area contributed by atoms with Crippen molar-refractivity contribution < 1.29 is 9.18 Å². The number of benzene rings is 2. The highest BCUT2D eigenvalue weighted by molar-refractivity contribution is 7.99. The molecular weight excluding hydrogens is 259 g/mol. The molecule has 1 nitrogen and oxygen atoms in total. The maximum atomic E-state index is 13.0. The largest absolute Gasteiger partial charge is 0.298 e. The third kappa shape index (κ3) is 3.08. The quantitative estimate of drug-likeness (QED) is 0.764. The molecule has 0 bridgehead atoms. The van der Waals surface area contributed by atoms with Gasteiger partial charge < -0.3 is 0 Å². The van der Waals surface area contributed by atoms with Gasteiger partial charge in [0.1, 0.15) is 5.82 Å². The molecule has 0 amide bonds. The van der Waals surface area contributed by atoms with E-state index in [1.165, 1.54) is 23.9 Å². The molecule has 0 aromatic heterocycles. The molecule has 0 aliphatic heterocycles. The number of hydrogen-bond donors (Lipinski definition) is 0. The van der Waals surface area contributed by atoms with Crippen molar-refractivity contribution in [3.05, 3.63) is 58.9 Å². The second kappa shape index (κ2) is 5.34. The smallest absolute Gasteiger partial charge is 0.151 e. The number of aldehydes is 1. The fourth-order valence-corrected chi connectivity index (χ4v) is 2.58. The highest BCUT2D eigenvalue weighted by Gasteiger charge is 2.05. The zero-order chi connectivity index (χ0) is 12.3. The Morgan fingerprint density at radius 2 is 2.00 bits per heavy atom. The van der Waals surface area contributed by atoms with Crippen molar-refractivity contribution in [1.29, 1.82) is 0 Å². The van der Waals surface area contributed by atoms with Crippen molar-refractivity contribution >= 4 is 29.6 Å². The molecule has 0 fully saturated rings. The first-order chi connectivity index (χ1) is 8.19. The number of carbonyl (C=O) groups excluding carboxylic acids is 1. The van der Waals surface area contributed by atoms with Crippen LogP contribution in [0.3, 0.4) is 0 Å². The summed E-state index contributed by atoms with van der Waals surface area (Å²) in [4.78, 5) is 12.3. The lowest BCUT2D eigenvalue weighted by Gasteiger charge is -2.05. The molecule has 2 rings (SSSR count). The molecule has 0 atom stereocenters. The number of carbonyl (C=O) groups is 1. The second-order valence-electron chi connectivity index (χ2n) is 3.36. The zero-order valence-electron chi connectivity index (χ0n) is 8.69. The van der Waals surface area contributed by atoms with E-state index in [1.807, 2.05) is 0 Å². The van der Waals surface area contributed by atoms with Crippen LogP contribution in [-0.4, -0.2) is 6.29 Å². The number of rotatable bonds is 3. The van der Waals surface area contributed by atoms with E-state index >= 15 is 0 Å². The lowest BCUT2D eigenvalue weighted by molar-refractivity contribution is 0.112. The fraction of sp³-hybridized carbons (Fsp3) is 0. The van der Waals surface area contributed by atoms with Gasteiger partial charge in [-0.25, -0.2) is 4.39 Å². The van der Waals surface area contributed by atoms with Gasteiger partial charge in [-0.2, -0.15) is 0 Å². The van der Waals surface area contributed by atoms with Gasteiger partial charge >= 0.3 is 0 Å². The summed E-state index contributed by atoms with van der Waals surface area (Å²) in [6.45, 7) is 0. The van der Waals surface area contributed by atoms with Crippen LogP contribution in [0.5, 0.6) is 0 Å². The van der Waals surface area contributed by atoms with E-state index in [1.54, 1.807) is 30.3 Å². The molecule has 2 aromatic carbocycles. The van der Waals surface area contributed by atoms with Gasteiger partial charge in [0.05, 0.1) is 0 Å². The highest BCUT2D eigenvalue weighted by Crippen LogP contribution is 2.32. The first-order valence-corrected chi connectivity index (χ1v) is 6.06. The van der Waals surface area contributed by atoms with Gasteiger partial charge in [-0.05, 0) is 36.4 Å². The molecule has 0 saturated carbocycles.